The van der Waals surface area contributed by atoms with Crippen molar-refractivity contribution in [1.29, 1.82) is 0 Å². The third-order valence-corrected chi connectivity index (χ3v) is 10.7. The lowest BCUT2D eigenvalue weighted by molar-refractivity contribution is -0.135. The zero-order valence-corrected chi connectivity index (χ0v) is 27.2. The summed E-state index contributed by atoms with van der Waals surface area (Å²) in [6, 6.07) is 10.8. The van der Waals surface area contributed by atoms with E-state index < -0.39 is 11.8 Å². The summed E-state index contributed by atoms with van der Waals surface area (Å²) < 4.78 is 24.0. The number of morpholine rings is 1. The van der Waals surface area contributed by atoms with Gasteiger partial charge in [-0.15, -0.1) is 11.3 Å². The Morgan fingerprint density at radius 1 is 1.02 bits per heavy atom. The maximum Gasteiger partial charge on any atom is 0.336 e. The largest absolute Gasteiger partial charge is 0.478 e. The zero-order valence-electron chi connectivity index (χ0n) is 26.4. The van der Waals surface area contributed by atoms with Crippen LogP contribution in [0.3, 0.4) is 0 Å². The molecule has 3 aromatic heterocycles. The predicted octanol–water partition coefficient (Wildman–Crippen LogP) is 7.65. The second kappa shape index (κ2) is 12.2. The van der Waals surface area contributed by atoms with E-state index in [2.05, 4.69) is 4.98 Å². The molecule has 0 bridgehead atoms. The van der Waals surface area contributed by atoms with Gasteiger partial charge in [-0.1, -0.05) is 31.4 Å². The number of amides is 1. The highest BCUT2D eigenvalue weighted by Gasteiger charge is 2.31. The summed E-state index contributed by atoms with van der Waals surface area (Å²) >= 11 is 1.57. The molecule has 0 unspecified atom stereocenters. The van der Waals surface area contributed by atoms with Gasteiger partial charge in [0.2, 0.25) is 5.91 Å². The third-order valence-electron chi connectivity index (χ3n) is 9.59. The molecule has 0 spiro atoms. The lowest BCUT2D eigenvalue weighted by atomic mass is 9.81. The van der Waals surface area contributed by atoms with Crippen LogP contribution in [0, 0.1) is 26.6 Å². The molecule has 2 fully saturated rings. The van der Waals surface area contributed by atoms with Crippen LogP contribution in [0.1, 0.15) is 70.2 Å². The Kier molecular flexibility index (Phi) is 8.10. The van der Waals surface area contributed by atoms with Crippen molar-refractivity contribution in [2.45, 2.75) is 65.3 Å². The lowest BCUT2D eigenvalue weighted by Crippen LogP contribution is -2.42. The van der Waals surface area contributed by atoms with E-state index in [0.717, 1.165) is 69.7 Å². The molecule has 1 saturated heterocycles. The van der Waals surface area contributed by atoms with E-state index in [9.17, 15) is 14.7 Å². The van der Waals surface area contributed by atoms with Crippen LogP contribution in [0.4, 0.5) is 4.39 Å². The van der Waals surface area contributed by atoms with E-state index in [4.69, 9.17) is 9.72 Å². The third kappa shape index (κ3) is 5.37. The Hall–Kier alpha value is -4.15. The van der Waals surface area contributed by atoms with Gasteiger partial charge in [0.05, 0.1) is 56.8 Å². The fraction of sp³-hybridized carbons (Fsp3) is 0.389. The molecule has 0 atom stereocenters. The number of hydrogen-bond donors (Lipinski definition) is 1. The molecular weight excluding hydrogens is 603 g/mol. The highest BCUT2D eigenvalue weighted by Crippen LogP contribution is 2.46. The molecule has 2 aromatic carbocycles. The standard InChI is InChI=1S/C36H37FN4O4S/c1-20-25(36(43)44)10-11-26-32(23-7-5-4-6-8-23)34(41(33(20)26)19-31(42)40-13-15-45-16-14-40)27-17-24-9-12-29(39-30(24)18-28(27)37)35-21(2)38-22(3)46-35/h9-12,17-18,23H,4-8,13-16,19H2,1-3H3,(H,43,44). The number of hydrogen-bond acceptors (Lipinski definition) is 6. The number of ether oxygens (including phenoxy) is 1. The van der Waals surface area contributed by atoms with E-state index in [1.807, 2.05) is 42.7 Å². The molecule has 7 rings (SSSR count). The topological polar surface area (TPSA) is 97.5 Å². The minimum absolute atomic E-state index is 0.0267. The van der Waals surface area contributed by atoms with Crippen LogP contribution in [-0.2, 0) is 16.1 Å². The summed E-state index contributed by atoms with van der Waals surface area (Å²) in [5.74, 6) is -1.39. The second-order valence-electron chi connectivity index (χ2n) is 12.5. The number of aromatic carboxylic acids is 1. The monoisotopic (exact) mass is 640 g/mol. The molecular formula is C36H37FN4O4S. The average molecular weight is 641 g/mol. The Morgan fingerprint density at radius 2 is 1.78 bits per heavy atom. The molecule has 4 heterocycles. The zero-order chi connectivity index (χ0) is 32.1. The van der Waals surface area contributed by atoms with Gasteiger partial charge in [0.1, 0.15) is 12.4 Å². The smallest absolute Gasteiger partial charge is 0.336 e. The maximum absolute atomic E-state index is 16.6. The number of rotatable bonds is 6. The number of nitrogens with zero attached hydrogens (tertiary/aromatic N) is 4. The fourth-order valence-corrected chi connectivity index (χ4v) is 8.29. The van der Waals surface area contributed by atoms with Crippen molar-refractivity contribution >= 4 is 45.0 Å². The van der Waals surface area contributed by atoms with Gasteiger partial charge in [-0.25, -0.2) is 19.2 Å². The van der Waals surface area contributed by atoms with Crippen LogP contribution in [0.25, 0.3) is 43.6 Å². The van der Waals surface area contributed by atoms with Crippen molar-refractivity contribution in [2.75, 3.05) is 26.3 Å². The molecule has 1 amide bonds. The molecule has 5 aromatic rings. The van der Waals surface area contributed by atoms with Crippen molar-refractivity contribution in [1.82, 2.24) is 19.4 Å². The minimum Gasteiger partial charge on any atom is -0.478 e. The number of pyridine rings is 1. The van der Waals surface area contributed by atoms with Crippen LogP contribution in [0.2, 0.25) is 0 Å². The number of thiazole rings is 1. The Balaban J connectivity index is 1.47. The summed E-state index contributed by atoms with van der Waals surface area (Å²) in [7, 11) is 0. The van der Waals surface area contributed by atoms with Gasteiger partial charge in [0.15, 0.2) is 0 Å². The summed E-state index contributed by atoms with van der Waals surface area (Å²) in [5.41, 5.74) is 5.69. The van der Waals surface area contributed by atoms with Gasteiger partial charge < -0.3 is 19.3 Å². The number of aromatic nitrogens is 3. The molecule has 1 aliphatic carbocycles. The van der Waals surface area contributed by atoms with E-state index in [-0.39, 0.29) is 23.9 Å². The van der Waals surface area contributed by atoms with Crippen LogP contribution < -0.4 is 0 Å². The molecule has 10 heteroatoms. The maximum atomic E-state index is 16.6. The van der Waals surface area contributed by atoms with Crippen molar-refractivity contribution < 1.29 is 23.8 Å². The van der Waals surface area contributed by atoms with E-state index in [0.29, 0.717) is 54.2 Å². The Morgan fingerprint density at radius 3 is 2.48 bits per heavy atom. The average Bonchev–Trinajstić information content (AvgIpc) is 3.57. The van der Waals surface area contributed by atoms with Gasteiger partial charge in [-0.3, -0.25) is 4.79 Å². The highest BCUT2D eigenvalue weighted by atomic mass is 32.1. The van der Waals surface area contributed by atoms with Crippen molar-refractivity contribution in [3.8, 4) is 21.8 Å². The van der Waals surface area contributed by atoms with Crippen LogP contribution in [-0.4, -0.2) is 62.7 Å². The van der Waals surface area contributed by atoms with E-state index in [1.165, 1.54) is 6.07 Å². The lowest BCUT2D eigenvalue weighted by Gasteiger charge is -2.28. The van der Waals surface area contributed by atoms with Crippen molar-refractivity contribution in [2.24, 2.45) is 0 Å². The molecule has 2 aliphatic rings. The summed E-state index contributed by atoms with van der Waals surface area (Å²) in [6.07, 6.45) is 5.20. The van der Waals surface area contributed by atoms with Crippen LogP contribution in [0.5, 0.6) is 0 Å². The van der Waals surface area contributed by atoms with Gasteiger partial charge >= 0.3 is 5.97 Å². The van der Waals surface area contributed by atoms with Crippen molar-refractivity contribution in [3.63, 3.8) is 0 Å². The first-order chi connectivity index (χ1) is 22.2. The fourth-order valence-electron chi connectivity index (χ4n) is 7.41. The van der Waals surface area contributed by atoms with Crippen LogP contribution in [0.15, 0.2) is 36.4 Å². The number of benzene rings is 2. The SMILES string of the molecule is Cc1nc(C)c(-c2ccc3cc(-c4c(C5CCCCC5)c5ccc(C(=O)O)c(C)c5n4CC(=O)N4CCOCC4)c(F)cc3n2)s1. The van der Waals surface area contributed by atoms with E-state index >= 15 is 4.39 Å². The summed E-state index contributed by atoms with van der Waals surface area (Å²) in [4.78, 5) is 38.2. The van der Waals surface area contributed by atoms with Crippen LogP contribution >= 0.6 is 11.3 Å². The first kappa shape index (κ1) is 30.5. The first-order valence-electron chi connectivity index (χ1n) is 16.0. The molecule has 1 N–H and O–H groups in total. The summed E-state index contributed by atoms with van der Waals surface area (Å²) in [6.45, 7) is 7.59. The van der Waals surface area contributed by atoms with Crippen molar-refractivity contribution in [3.05, 3.63) is 69.6 Å². The van der Waals surface area contributed by atoms with Gasteiger partial charge in [-0.05, 0) is 68.9 Å². The molecule has 238 valence electrons. The number of carbonyl (C=O) groups excluding carboxylic acids is 1. The Bertz CT molecular complexity index is 2000. The number of carboxylic acid groups (broad SMARTS) is 1. The number of fused-ring (bicyclic) bond motifs is 2. The van der Waals surface area contributed by atoms with E-state index in [1.54, 1.807) is 29.2 Å². The first-order valence-corrected chi connectivity index (χ1v) is 16.8. The Labute approximate surface area is 270 Å². The highest BCUT2D eigenvalue weighted by molar-refractivity contribution is 7.15. The molecule has 46 heavy (non-hydrogen) atoms. The second-order valence-corrected chi connectivity index (χ2v) is 13.7. The molecule has 1 saturated carbocycles. The summed E-state index contributed by atoms with van der Waals surface area (Å²) in [5, 5.41) is 12.7. The molecule has 1 aliphatic heterocycles. The number of carboxylic acids is 1. The van der Waals surface area contributed by atoms with Gasteiger partial charge in [0.25, 0.3) is 0 Å². The molecule has 8 nitrogen and oxygen atoms in total. The predicted molar refractivity (Wildman–Crippen MR) is 178 cm³/mol. The normalized spacial score (nSPS) is 16.0. The molecule has 0 radical (unpaired) electrons. The number of carbonyl (C=O) groups is 2. The number of halogens is 1. The number of aryl methyl sites for hydroxylation is 3. The van der Waals surface area contributed by atoms with Gasteiger partial charge in [0, 0.05) is 35.5 Å². The minimum atomic E-state index is -1.03. The quantitative estimate of drug-likeness (QED) is 0.205. The van der Waals surface area contributed by atoms with Gasteiger partial charge in [-0.2, -0.15) is 0 Å².